The molecule has 0 spiro atoms. The first-order valence-corrected chi connectivity index (χ1v) is 10.1. The van der Waals surface area contributed by atoms with Crippen LogP contribution in [0.15, 0.2) is 48.7 Å². The molecular formula is C20H14Cl2N2O3S. The van der Waals surface area contributed by atoms with Gasteiger partial charge in [0.05, 0.1) is 20.8 Å². The summed E-state index contributed by atoms with van der Waals surface area (Å²) in [4.78, 5) is 27.5. The fourth-order valence-corrected chi connectivity index (χ4v) is 4.07. The number of pyridine rings is 1. The number of benzene rings is 2. The van der Waals surface area contributed by atoms with Gasteiger partial charge in [0.25, 0.3) is 5.24 Å². The molecule has 1 aromatic heterocycles. The van der Waals surface area contributed by atoms with E-state index in [-0.39, 0.29) is 11.1 Å². The number of fused-ring (bicyclic) bond motifs is 1. The van der Waals surface area contributed by atoms with Crippen molar-refractivity contribution in [3.05, 3.63) is 69.8 Å². The number of hydrogen-bond acceptors (Lipinski definition) is 5. The molecule has 1 aliphatic heterocycles. The van der Waals surface area contributed by atoms with Gasteiger partial charge >= 0.3 is 0 Å². The Morgan fingerprint density at radius 2 is 1.89 bits per heavy atom. The largest absolute Gasteiger partial charge is 0.489 e. The predicted molar refractivity (Wildman–Crippen MR) is 111 cm³/mol. The molecule has 0 bridgehead atoms. The van der Waals surface area contributed by atoms with Gasteiger partial charge in [-0.2, -0.15) is 0 Å². The Kier molecular flexibility index (Phi) is 5.44. The Balaban J connectivity index is 1.46. The van der Waals surface area contributed by atoms with Gasteiger partial charge in [-0.25, -0.2) is 0 Å². The molecule has 0 saturated carbocycles. The smallest absolute Gasteiger partial charge is 0.286 e. The average Bonchev–Trinajstić information content (AvgIpc) is 2.99. The second kappa shape index (κ2) is 7.99. The molecule has 28 heavy (non-hydrogen) atoms. The molecule has 142 valence electrons. The molecule has 2 aromatic carbocycles. The van der Waals surface area contributed by atoms with E-state index in [2.05, 4.69) is 10.3 Å². The molecule has 5 nitrogen and oxygen atoms in total. The predicted octanol–water partition coefficient (Wildman–Crippen LogP) is 5.01. The van der Waals surface area contributed by atoms with E-state index in [9.17, 15) is 9.59 Å². The van der Waals surface area contributed by atoms with Crippen LogP contribution in [0.5, 0.6) is 5.75 Å². The number of ether oxygens (including phenoxy) is 1. The van der Waals surface area contributed by atoms with Crippen molar-refractivity contribution in [1.82, 2.24) is 10.3 Å². The molecule has 1 N–H and O–H groups in total. The number of aromatic nitrogens is 1. The number of carbonyl (C=O) groups excluding carboxylic acids is 2. The lowest BCUT2D eigenvalue weighted by Gasteiger charge is -2.09. The van der Waals surface area contributed by atoms with E-state index in [0.717, 1.165) is 33.8 Å². The maximum Gasteiger partial charge on any atom is 0.286 e. The zero-order valence-corrected chi connectivity index (χ0v) is 16.8. The van der Waals surface area contributed by atoms with Gasteiger partial charge in [0.2, 0.25) is 5.91 Å². The number of thioether (sulfide) groups is 1. The molecule has 4 rings (SSSR count). The molecule has 1 atom stereocenters. The molecule has 1 aliphatic rings. The summed E-state index contributed by atoms with van der Waals surface area (Å²) >= 11 is 13.0. The lowest BCUT2D eigenvalue weighted by molar-refractivity contribution is -0.118. The minimum absolute atomic E-state index is 0.249. The normalized spacial score (nSPS) is 16.4. The second-order valence-corrected chi connectivity index (χ2v) is 8.31. The van der Waals surface area contributed by atoms with Crippen molar-refractivity contribution < 1.29 is 14.3 Å². The summed E-state index contributed by atoms with van der Waals surface area (Å²) in [6.45, 7) is 0.364. The van der Waals surface area contributed by atoms with Crippen LogP contribution in [0.3, 0.4) is 0 Å². The van der Waals surface area contributed by atoms with Crippen molar-refractivity contribution in [2.45, 2.75) is 18.3 Å². The first-order valence-electron chi connectivity index (χ1n) is 8.45. The Morgan fingerprint density at radius 3 is 2.64 bits per heavy atom. The number of amides is 2. The lowest BCUT2D eigenvalue weighted by atomic mass is 10.1. The fourth-order valence-electron chi connectivity index (χ4n) is 2.89. The molecule has 3 aromatic rings. The molecule has 1 unspecified atom stereocenters. The van der Waals surface area contributed by atoms with Crippen LogP contribution in [0.4, 0.5) is 4.79 Å². The van der Waals surface area contributed by atoms with Gasteiger partial charge < -0.3 is 4.74 Å². The number of nitrogens with zero attached hydrogens (tertiary/aromatic N) is 1. The molecule has 2 heterocycles. The third-order valence-corrected chi connectivity index (χ3v) is 6.01. The van der Waals surface area contributed by atoms with E-state index in [1.807, 2.05) is 30.3 Å². The monoisotopic (exact) mass is 432 g/mol. The number of hydrogen-bond donors (Lipinski definition) is 1. The van der Waals surface area contributed by atoms with Crippen LogP contribution in [0, 0.1) is 0 Å². The molecule has 0 aliphatic carbocycles. The van der Waals surface area contributed by atoms with Gasteiger partial charge in [-0.15, -0.1) is 0 Å². The number of nitrogens with one attached hydrogen (secondary N) is 1. The molecule has 0 radical (unpaired) electrons. The van der Waals surface area contributed by atoms with Crippen molar-refractivity contribution in [1.29, 1.82) is 0 Å². The average molecular weight is 433 g/mol. The van der Waals surface area contributed by atoms with Crippen LogP contribution in [-0.4, -0.2) is 21.4 Å². The number of rotatable bonds is 5. The van der Waals surface area contributed by atoms with Crippen molar-refractivity contribution in [2.24, 2.45) is 0 Å². The Hall–Kier alpha value is -2.28. The molecule has 8 heteroatoms. The summed E-state index contributed by atoms with van der Waals surface area (Å²) in [6, 6.07) is 13.0. The second-order valence-electron chi connectivity index (χ2n) is 6.32. The van der Waals surface area contributed by atoms with Crippen molar-refractivity contribution in [2.75, 3.05) is 0 Å². The van der Waals surface area contributed by atoms with Crippen LogP contribution in [0.25, 0.3) is 10.9 Å². The SMILES string of the molecule is O=C1NC(=O)C(Cc2cnc3cc(OCc4ccc(Cl)c(Cl)c4)ccc3c2)S1. The van der Waals surface area contributed by atoms with Crippen molar-refractivity contribution >= 4 is 57.0 Å². The number of halogens is 2. The van der Waals surface area contributed by atoms with E-state index in [1.165, 1.54) is 0 Å². The van der Waals surface area contributed by atoms with Crippen LogP contribution in [0.1, 0.15) is 11.1 Å². The molecular weight excluding hydrogens is 419 g/mol. The van der Waals surface area contributed by atoms with E-state index >= 15 is 0 Å². The van der Waals surface area contributed by atoms with Crippen molar-refractivity contribution in [3.8, 4) is 5.75 Å². The topological polar surface area (TPSA) is 68.3 Å². The number of carbonyl (C=O) groups is 2. The van der Waals surface area contributed by atoms with Crippen LogP contribution < -0.4 is 10.1 Å². The summed E-state index contributed by atoms with van der Waals surface area (Å²) in [5, 5.41) is 3.54. The quantitative estimate of drug-likeness (QED) is 0.613. The Morgan fingerprint density at radius 1 is 1.04 bits per heavy atom. The number of imide groups is 1. The van der Waals surface area contributed by atoms with Crippen LogP contribution >= 0.6 is 35.0 Å². The minimum Gasteiger partial charge on any atom is -0.489 e. The zero-order valence-electron chi connectivity index (χ0n) is 14.4. The van der Waals surface area contributed by atoms with E-state index in [0.29, 0.717) is 28.8 Å². The maximum absolute atomic E-state index is 11.7. The van der Waals surface area contributed by atoms with Gasteiger partial charge in [0.15, 0.2) is 0 Å². The summed E-state index contributed by atoms with van der Waals surface area (Å²) < 4.78 is 5.82. The van der Waals surface area contributed by atoms with Gasteiger partial charge in [-0.1, -0.05) is 41.0 Å². The first kappa shape index (κ1) is 19.1. The standard InChI is InChI=1S/C20H14Cl2N2O3S/c21-15-4-1-11(6-16(15)22)10-27-14-3-2-13-5-12(9-23-17(13)8-14)7-18-19(25)24-20(26)28-18/h1-6,8-9,18H,7,10H2,(H,24,25,26). The van der Waals surface area contributed by atoms with Crippen molar-refractivity contribution in [3.63, 3.8) is 0 Å². The molecule has 2 amide bonds. The first-order chi connectivity index (χ1) is 13.5. The highest BCUT2D eigenvalue weighted by atomic mass is 35.5. The Bertz CT molecular complexity index is 1090. The fraction of sp³-hybridized carbons (Fsp3) is 0.150. The summed E-state index contributed by atoms with van der Waals surface area (Å²) in [6.07, 6.45) is 2.18. The minimum atomic E-state index is -0.402. The summed E-state index contributed by atoms with van der Waals surface area (Å²) in [5.41, 5.74) is 2.61. The highest BCUT2D eigenvalue weighted by molar-refractivity contribution is 8.15. The third kappa shape index (κ3) is 4.24. The van der Waals surface area contributed by atoms with Gasteiger partial charge in [-0.3, -0.25) is 19.9 Å². The van der Waals surface area contributed by atoms with E-state index in [1.54, 1.807) is 18.3 Å². The highest BCUT2D eigenvalue weighted by Gasteiger charge is 2.31. The third-order valence-electron chi connectivity index (χ3n) is 4.29. The van der Waals surface area contributed by atoms with E-state index in [4.69, 9.17) is 27.9 Å². The lowest BCUT2D eigenvalue weighted by Crippen LogP contribution is -2.25. The highest BCUT2D eigenvalue weighted by Crippen LogP contribution is 2.26. The van der Waals surface area contributed by atoms with E-state index < -0.39 is 5.25 Å². The molecule has 1 fully saturated rings. The van der Waals surface area contributed by atoms with Crippen LogP contribution in [-0.2, 0) is 17.8 Å². The van der Waals surface area contributed by atoms with Gasteiger partial charge in [-0.05, 0) is 47.9 Å². The van der Waals surface area contributed by atoms with Crippen LogP contribution in [0.2, 0.25) is 10.0 Å². The zero-order chi connectivity index (χ0) is 19.7. The Labute approximate surface area is 175 Å². The maximum atomic E-state index is 11.7. The molecule has 1 saturated heterocycles. The van der Waals surface area contributed by atoms with Gasteiger partial charge in [0, 0.05) is 17.6 Å². The van der Waals surface area contributed by atoms with Gasteiger partial charge in [0.1, 0.15) is 12.4 Å². The summed E-state index contributed by atoms with van der Waals surface area (Å²) in [7, 11) is 0. The summed E-state index contributed by atoms with van der Waals surface area (Å²) in [5.74, 6) is 0.441.